The Morgan fingerprint density at radius 3 is 2.41 bits per heavy atom. The highest BCUT2D eigenvalue weighted by atomic mass is 32.2. The second-order valence-electron chi connectivity index (χ2n) is 5.18. The van der Waals surface area contributed by atoms with Crippen LogP contribution < -0.4 is 9.47 Å². The smallest absolute Gasteiger partial charge is 0.164 e. The highest BCUT2D eigenvalue weighted by Gasteiger charge is 2.25. The van der Waals surface area contributed by atoms with E-state index in [1.165, 1.54) is 5.56 Å². The van der Waals surface area contributed by atoms with Gasteiger partial charge >= 0.3 is 0 Å². The minimum atomic E-state index is 0.168. The summed E-state index contributed by atoms with van der Waals surface area (Å²) in [6.07, 6.45) is 1.39. The molecule has 3 nitrogen and oxygen atoms in total. The van der Waals surface area contributed by atoms with Gasteiger partial charge < -0.3 is 9.47 Å². The van der Waals surface area contributed by atoms with E-state index >= 15 is 0 Å². The third-order valence-electron chi connectivity index (χ3n) is 3.86. The van der Waals surface area contributed by atoms with Crippen LogP contribution in [0.2, 0.25) is 0 Å². The Hall–Kier alpha value is -1.94. The standard InChI is InChI=1S/C18H18O3S/c1-20-15-10-13-14(19)8-9-17(12-6-4-3-5-7-12)22-18(13)11-16(15)21-2/h3-7,10-11,17H,8-9H2,1-2H3. The molecule has 1 atom stereocenters. The molecule has 0 aromatic heterocycles. The van der Waals surface area contributed by atoms with Crippen molar-refractivity contribution < 1.29 is 14.3 Å². The van der Waals surface area contributed by atoms with Gasteiger partial charge in [0.15, 0.2) is 17.3 Å². The average Bonchev–Trinajstić information content (AvgIpc) is 2.73. The molecule has 0 aliphatic carbocycles. The van der Waals surface area contributed by atoms with E-state index in [1.54, 1.807) is 32.0 Å². The van der Waals surface area contributed by atoms with Crippen molar-refractivity contribution in [2.75, 3.05) is 14.2 Å². The molecule has 1 heterocycles. The number of fused-ring (bicyclic) bond motifs is 1. The van der Waals surface area contributed by atoms with Gasteiger partial charge in [0, 0.05) is 22.1 Å². The first-order valence-electron chi connectivity index (χ1n) is 7.23. The van der Waals surface area contributed by atoms with Crippen LogP contribution in [-0.4, -0.2) is 20.0 Å². The number of Topliss-reactive ketones (excluding diaryl/α,β-unsaturated/α-hetero) is 1. The lowest BCUT2D eigenvalue weighted by Crippen LogP contribution is -2.01. The quantitative estimate of drug-likeness (QED) is 0.835. The lowest BCUT2D eigenvalue weighted by atomic mass is 10.0. The molecule has 0 amide bonds. The third-order valence-corrected chi connectivity index (χ3v) is 5.24. The normalized spacial score (nSPS) is 17.5. The maximum atomic E-state index is 12.4. The summed E-state index contributed by atoms with van der Waals surface area (Å²) in [6, 6.07) is 14.0. The van der Waals surface area contributed by atoms with Gasteiger partial charge in [0.2, 0.25) is 0 Å². The molecular weight excluding hydrogens is 296 g/mol. The fourth-order valence-corrected chi connectivity index (χ4v) is 4.00. The summed E-state index contributed by atoms with van der Waals surface area (Å²) in [5, 5.41) is 0.282. The zero-order valence-corrected chi connectivity index (χ0v) is 13.5. The minimum Gasteiger partial charge on any atom is -0.493 e. The number of ether oxygens (including phenoxy) is 2. The number of carbonyl (C=O) groups excluding carboxylic acids is 1. The van der Waals surface area contributed by atoms with Gasteiger partial charge in [0.25, 0.3) is 0 Å². The summed E-state index contributed by atoms with van der Waals surface area (Å²) < 4.78 is 10.7. The van der Waals surface area contributed by atoms with Crippen LogP contribution in [0.3, 0.4) is 0 Å². The highest BCUT2D eigenvalue weighted by molar-refractivity contribution is 7.99. The highest BCUT2D eigenvalue weighted by Crippen LogP contribution is 2.46. The number of hydrogen-bond acceptors (Lipinski definition) is 4. The van der Waals surface area contributed by atoms with Crippen LogP contribution in [0.15, 0.2) is 47.4 Å². The van der Waals surface area contributed by atoms with E-state index in [-0.39, 0.29) is 11.0 Å². The van der Waals surface area contributed by atoms with Crippen LogP contribution in [0.5, 0.6) is 11.5 Å². The van der Waals surface area contributed by atoms with E-state index in [2.05, 4.69) is 12.1 Å². The topological polar surface area (TPSA) is 35.5 Å². The molecule has 0 spiro atoms. The summed E-state index contributed by atoms with van der Waals surface area (Å²) in [6.45, 7) is 0. The first-order valence-corrected chi connectivity index (χ1v) is 8.11. The zero-order chi connectivity index (χ0) is 15.5. The molecule has 0 bridgehead atoms. The molecule has 0 saturated heterocycles. The van der Waals surface area contributed by atoms with Crippen molar-refractivity contribution in [1.82, 2.24) is 0 Å². The van der Waals surface area contributed by atoms with Gasteiger partial charge in [-0.2, -0.15) is 0 Å². The van der Waals surface area contributed by atoms with Crippen molar-refractivity contribution in [3.63, 3.8) is 0 Å². The molecule has 114 valence electrons. The van der Waals surface area contributed by atoms with Crippen molar-refractivity contribution in [2.45, 2.75) is 23.0 Å². The van der Waals surface area contributed by atoms with Crippen LogP contribution in [-0.2, 0) is 0 Å². The maximum Gasteiger partial charge on any atom is 0.164 e. The van der Waals surface area contributed by atoms with Crippen LogP contribution >= 0.6 is 11.8 Å². The van der Waals surface area contributed by atoms with Crippen molar-refractivity contribution in [2.24, 2.45) is 0 Å². The van der Waals surface area contributed by atoms with Gasteiger partial charge in [-0.25, -0.2) is 0 Å². The van der Waals surface area contributed by atoms with E-state index < -0.39 is 0 Å². The van der Waals surface area contributed by atoms with Crippen molar-refractivity contribution in [1.29, 1.82) is 0 Å². The Labute approximate surface area is 134 Å². The van der Waals surface area contributed by atoms with Crippen LogP contribution in [0, 0.1) is 0 Å². The monoisotopic (exact) mass is 314 g/mol. The van der Waals surface area contributed by atoms with Crippen molar-refractivity contribution in [3.8, 4) is 11.5 Å². The van der Waals surface area contributed by atoms with E-state index in [1.807, 2.05) is 24.3 Å². The van der Waals surface area contributed by atoms with Gasteiger partial charge in [-0.15, -0.1) is 11.8 Å². The molecule has 0 N–H and O–H groups in total. The lowest BCUT2D eigenvalue weighted by Gasteiger charge is -2.16. The van der Waals surface area contributed by atoms with Crippen molar-refractivity contribution >= 4 is 17.5 Å². The van der Waals surface area contributed by atoms with E-state index in [9.17, 15) is 4.79 Å². The van der Waals surface area contributed by atoms with Crippen LogP contribution in [0.4, 0.5) is 0 Å². The average molecular weight is 314 g/mol. The molecule has 0 saturated carbocycles. The van der Waals surface area contributed by atoms with E-state index in [4.69, 9.17) is 9.47 Å². The van der Waals surface area contributed by atoms with Gasteiger partial charge in [-0.05, 0) is 24.1 Å². The summed E-state index contributed by atoms with van der Waals surface area (Å²) in [5.41, 5.74) is 1.99. The molecule has 0 radical (unpaired) electrons. The Kier molecular flexibility index (Phi) is 4.39. The number of thioether (sulfide) groups is 1. The summed E-state index contributed by atoms with van der Waals surface area (Å²) >= 11 is 1.73. The first kappa shape index (κ1) is 15.0. The molecule has 3 rings (SSSR count). The molecule has 2 aromatic rings. The molecule has 22 heavy (non-hydrogen) atoms. The fourth-order valence-electron chi connectivity index (χ4n) is 2.69. The van der Waals surface area contributed by atoms with Gasteiger partial charge in [-0.1, -0.05) is 30.3 Å². The number of rotatable bonds is 3. The number of carbonyl (C=O) groups is 1. The predicted octanol–water partition coefficient (Wildman–Crippen LogP) is 4.51. The third kappa shape index (κ3) is 2.83. The SMILES string of the molecule is COc1cc2c(cc1OC)C(=O)CCC(c1ccccc1)S2. The molecule has 2 aromatic carbocycles. The number of ketones is 1. The Bertz CT molecular complexity index is 682. The maximum absolute atomic E-state index is 12.4. The minimum absolute atomic E-state index is 0.168. The molecule has 1 unspecified atom stereocenters. The predicted molar refractivity (Wildman–Crippen MR) is 88.2 cm³/mol. The zero-order valence-electron chi connectivity index (χ0n) is 12.7. The lowest BCUT2D eigenvalue weighted by molar-refractivity contribution is 0.0978. The van der Waals surface area contributed by atoms with Gasteiger partial charge in [0.1, 0.15) is 0 Å². The molecule has 0 fully saturated rings. The molecule has 1 aliphatic rings. The Balaban J connectivity index is 2.02. The second-order valence-corrected chi connectivity index (χ2v) is 6.43. The summed E-state index contributed by atoms with van der Waals surface area (Å²) in [7, 11) is 3.20. The first-order chi connectivity index (χ1) is 10.7. The van der Waals surface area contributed by atoms with Crippen molar-refractivity contribution in [3.05, 3.63) is 53.6 Å². The largest absolute Gasteiger partial charge is 0.493 e. The molecule has 4 heteroatoms. The van der Waals surface area contributed by atoms with Gasteiger partial charge in [0.05, 0.1) is 14.2 Å². The molecular formula is C18H18O3S. The van der Waals surface area contributed by atoms with Crippen LogP contribution in [0.25, 0.3) is 0 Å². The van der Waals surface area contributed by atoms with E-state index in [0.717, 1.165) is 16.9 Å². The van der Waals surface area contributed by atoms with E-state index in [0.29, 0.717) is 17.9 Å². The Morgan fingerprint density at radius 2 is 1.73 bits per heavy atom. The molecule has 1 aliphatic heterocycles. The number of methoxy groups -OCH3 is 2. The van der Waals surface area contributed by atoms with Crippen LogP contribution in [0.1, 0.15) is 34.0 Å². The summed E-state index contributed by atoms with van der Waals surface area (Å²) in [4.78, 5) is 13.4. The van der Waals surface area contributed by atoms with Gasteiger partial charge in [-0.3, -0.25) is 4.79 Å². The number of hydrogen-bond donors (Lipinski definition) is 0. The fraction of sp³-hybridized carbons (Fsp3) is 0.278. The Morgan fingerprint density at radius 1 is 1.05 bits per heavy atom. The summed E-state index contributed by atoms with van der Waals surface area (Å²) in [5.74, 6) is 1.44. The number of benzene rings is 2. The second kappa shape index (κ2) is 6.44.